The van der Waals surface area contributed by atoms with Crippen LogP contribution in [0.1, 0.15) is 33.4 Å². The monoisotopic (exact) mass is 464 g/mol. The number of benzene rings is 3. The molecule has 3 aliphatic rings. The van der Waals surface area contributed by atoms with Crippen LogP contribution in [-0.4, -0.2) is 11.9 Å². The Bertz CT molecular complexity index is 1210. The molecule has 0 spiro atoms. The summed E-state index contributed by atoms with van der Waals surface area (Å²) in [7, 11) is 0. The molecular weight excluding hydrogens is 447 g/mol. The van der Waals surface area contributed by atoms with Gasteiger partial charge < -0.3 is 9.47 Å². The summed E-state index contributed by atoms with van der Waals surface area (Å²) in [5, 5.41) is 1.15. The molecule has 3 aromatic rings. The first-order valence-corrected chi connectivity index (χ1v) is 11.1. The van der Waals surface area contributed by atoms with E-state index in [2.05, 4.69) is 12.1 Å². The fraction of sp³-hybridized carbons (Fsp3) is 0.231. The van der Waals surface area contributed by atoms with Crippen LogP contribution >= 0.6 is 23.2 Å². The van der Waals surface area contributed by atoms with Crippen molar-refractivity contribution in [3.63, 3.8) is 0 Å². The van der Waals surface area contributed by atoms with E-state index < -0.39 is 35.0 Å². The summed E-state index contributed by atoms with van der Waals surface area (Å²) in [5.41, 5.74) is 3.12. The van der Waals surface area contributed by atoms with Gasteiger partial charge in [0, 0.05) is 10.0 Å². The number of ether oxygens (including phenoxy) is 2. The smallest absolute Gasteiger partial charge is 0.321 e. The number of halogens is 2. The molecule has 0 aliphatic carbocycles. The van der Waals surface area contributed by atoms with Crippen LogP contribution in [0.2, 0.25) is 10.0 Å². The number of hydrogen-bond acceptors (Lipinski definition) is 4. The molecule has 2 bridgehead atoms. The molecule has 160 valence electrons. The maximum Gasteiger partial charge on any atom is 0.321 e. The van der Waals surface area contributed by atoms with E-state index >= 15 is 0 Å². The third-order valence-corrected chi connectivity index (χ3v) is 7.72. The molecule has 2 saturated heterocycles. The highest BCUT2D eigenvalue weighted by atomic mass is 35.5. The molecule has 6 heteroatoms. The summed E-state index contributed by atoms with van der Waals surface area (Å²) in [6, 6.07) is 18.7. The Morgan fingerprint density at radius 1 is 0.688 bits per heavy atom. The van der Waals surface area contributed by atoms with E-state index in [1.165, 1.54) is 0 Å². The molecule has 6 rings (SSSR count). The van der Waals surface area contributed by atoms with Gasteiger partial charge in [-0.25, -0.2) is 0 Å². The summed E-state index contributed by atoms with van der Waals surface area (Å²) in [5.74, 6) is -2.73. The quantitative estimate of drug-likeness (QED) is 0.373. The van der Waals surface area contributed by atoms with Gasteiger partial charge in [0.05, 0.1) is 0 Å². The van der Waals surface area contributed by atoms with Crippen LogP contribution in [0.4, 0.5) is 0 Å². The third-order valence-electron chi connectivity index (χ3n) is 7.22. The number of rotatable bonds is 2. The molecule has 3 aliphatic heterocycles. The van der Waals surface area contributed by atoms with Gasteiger partial charge in [0.25, 0.3) is 0 Å². The molecular formula is C26H18Cl2O4. The molecule has 0 saturated carbocycles. The van der Waals surface area contributed by atoms with Gasteiger partial charge in [-0.1, -0.05) is 59.6 Å². The van der Waals surface area contributed by atoms with E-state index in [0.29, 0.717) is 10.0 Å². The number of esters is 2. The molecule has 3 heterocycles. The molecule has 4 nitrogen and oxygen atoms in total. The topological polar surface area (TPSA) is 52.6 Å². The second-order valence-electron chi connectivity index (χ2n) is 8.76. The van der Waals surface area contributed by atoms with E-state index in [-0.39, 0.29) is 0 Å². The van der Waals surface area contributed by atoms with Crippen molar-refractivity contribution >= 4 is 35.1 Å². The first kappa shape index (κ1) is 20.0. The minimum Gasteiger partial charge on any atom is -0.392 e. The zero-order valence-corrected chi connectivity index (χ0v) is 18.8. The minimum absolute atomic E-state index is 0.560. The average Bonchev–Trinajstić information content (AvgIpc) is 3.35. The van der Waals surface area contributed by atoms with Crippen LogP contribution in [0.25, 0.3) is 0 Å². The summed E-state index contributed by atoms with van der Waals surface area (Å²) in [6.45, 7) is 4.06. The van der Waals surface area contributed by atoms with E-state index in [1.807, 2.05) is 38.1 Å². The Balaban J connectivity index is 1.75. The predicted molar refractivity (Wildman–Crippen MR) is 120 cm³/mol. The molecule has 2 fully saturated rings. The summed E-state index contributed by atoms with van der Waals surface area (Å²) in [4.78, 5) is 26.2. The van der Waals surface area contributed by atoms with Crippen molar-refractivity contribution in [3.05, 3.63) is 104 Å². The highest BCUT2D eigenvalue weighted by Crippen LogP contribution is 2.70. The van der Waals surface area contributed by atoms with Crippen molar-refractivity contribution in [2.45, 2.75) is 25.0 Å². The molecule has 0 amide bonds. The highest BCUT2D eigenvalue weighted by Gasteiger charge is 2.78. The minimum atomic E-state index is -1.16. The zero-order valence-electron chi connectivity index (χ0n) is 17.3. The number of cyclic esters (lactones) is 2. The van der Waals surface area contributed by atoms with Crippen molar-refractivity contribution < 1.29 is 19.1 Å². The molecule has 0 aromatic heterocycles. The number of fused-ring (bicyclic) bond motifs is 8. The highest BCUT2D eigenvalue weighted by molar-refractivity contribution is 6.30. The second kappa shape index (κ2) is 6.44. The number of aryl methyl sites for hydroxylation is 2. The molecule has 32 heavy (non-hydrogen) atoms. The van der Waals surface area contributed by atoms with Gasteiger partial charge in [-0.15, -0.1) is 0 Å². The standard InChI is InChI=1S/C26H18Cl2O4/c1-13-11-19-20(12-14(13)2)26(16-5-9-18(28)10-6-16)22-21(23(29)31-24(22)30)25(19,32-26)15-3-7-17(27)8-4-15/h3-12,21-22H,1-2H3. The Hall–Kier alpha value is -2.66. The molecule has 4 unspecified atom stereocenters. The Morgan fingerprint density at radius 3 is 1.44 bits per heavy atom. The summed E-state index contributed by atoms with van der Waals surface area (Å²) >= 11 is 12.3. The Labute approximate surface area is 195 Å². The predicted octanol–water partition coefficient (Wildman–Crippen LogP) is 5.46. The Kier molecular flexibility index (Phi) is 4.02. The molecule has 0 N–H and O–H groups in total. The van der Waals surface area contributed by atoms with Gasteiger partial charge in [-0.3, -0.25) is 9.59 Å². The van der Waals surface area contributed by atoms with E-state index in [1.54, 1.807) is 24.3 Å². The second-order valence-corrected chi connectivity index (χ2v) is 9.64. The SMILES string of the molecule is Cc1cc2c(cc1C)C1(c3ccc(Cl)cc3)OC2(c2ccc(Cl)cc2)C2C(=O)OC(=O)C21. The van der Waals surface area contributed by atoms with Crippen LogP contribution in [0.5, 0.6) is 0 Å². The van der Waals surface area contributed by atoms with Crippen molar-refractivity contribution in [2.75, 3.05) is 0 Å². The first-order valence-electron chi connectivity index (χ1n) is 10.4. The largest absolute Gasteiger partial charge is 0.392 e. The summed E-state index contributed by atoms with van der Waals surface area (Å²) < 4.78 is 12.2. The van der Waals surface area contributed by atoms with Gasteiger partial charge in [0.2, 0.25) is 0 Å². The van der Waals surface area contributed by atoms with Crippen LogP contribution < -0.4 is 0 Å². The lowest BCUT2D eigenvalue weighted by Crippen LogP contribution is -2.42. The van der Waals surface area contributed by atoms with Crippen LogP contribution in [0, 0.1) is 25.7 Å². The Morgan fingerprint density at radius 2 is 1.06 bits per heavy atom. The average molecular weight is 465 g/mol. The number of carbonyl (C=O) groups is 2. The molecule has 3 aromatic carbocycles. The lowest BCUT2D eigenvalue weighted by Gasteiger charge is -2.34. The normalized spacial score (nSPS) is 29.8. The number of carbonyl (C=O) groups excluding carboxylic acids is 2. The summed E-state index contributed by atoms with van der Waals surface area (Å²) in [6.07, 6.45) is 0. The molecule has 0 radical (unpaired) electrons. The van der Waals surface area contributed by atoms with Crippen LogP contribution in [-0.2, 0) is 30.3 Å². The maximum absolute atomic E-state index is 13.1. The fourth-order valence-electron chi connectivity index (χ4n) is 5.74. The van der Waals surface area contributed by atoms with Crippen molar-refractivity contribution in [1.29, 1.82) is 0 Å². The third kappa shape index (κ3) is 2.27. The van der Waals surface area contributed by atoms with E-state index in [4.69, 9.17) is 32.7 Å². The first-order chi connectivity index (χ1) is 15.3. The van der Waals surface area contributed by atoms with Crippen LogP contribution in [0.3, 0.4) is 0 Å². The van der Waals surface area contributed by atoms with Gasteiger partial charge in [-0.05, 0) is 71.5 Å². The van der Waals surface area contributed by atoms with Crippen molar-refractivity contribution in [3.8, 4) is 0 Å². The van der Waals surface area contributed by atoms with Gasteiger partial charge in [-0.2, -0.15) is 0 Å². The fourth-order valence-corrected chi connectivity index (χ4v) is 5.99. The van der Waals surface area contributed by atoms with Crippen LogP contribution in [0.15, 0.2) is 60.7 Å². The van der Waals surface area contributed by atoms with Gasteiger partial charge in [0.1, 0.15) is 23.0 Å². The van der Waals surface area contributed by atoms with E-state index in [0.717, 1.165) is 33.4 Å². The zero-order chi connectivity index (χ0) is 22.4. The molecule has 4 atom stereocenters. The van der Waals surface area contributed by atoms with Gasteiger partial charge >= 0.3 is 11.9 Å². The van der Waals surface area contributed by atoms with Crippen molar-refractivity contribution in [2.24, 2.45) is 11.8 Å². The van der Waals surface area contributed by atoms with E-state index in [9.17, 15) is 9.59 Å². The maximum atomic E-state index is 13.1. The van der Waals surface area contributed by atoms with Crippen molar-refractivity contribution in [1.82, 2.24) is 0 Å². The lowest BCUT2D eigenvalue weighted by molar-refractivity contribution is -0.162. The van der Waals surface area contributed by atoms with Gasteiger partial charge in [0.15, 0.2) is 0 Å². The number of hydrogen-bond donors (Lipinski definition) is 0. The lowest BCUT2D eigenvalue weighted by atomic mass is 9.61.